The highest BCUT2D eigenvalue weighted by atomic mass is 35.5. The summed E-state index contributed by atoms with van der Waals surface area (Å²) in [6, 6.07) is 8.52. The Morgan fingerprint density at radius 2 is 2.00 bits per heavy atom. The fourth-order valence-corrected chi connectivity index (χ4v) is 1.95. The van der Waals surface area contributed by atoms with E-state index in [4.69, 9.17) is 21.1 Å². The summed E-state index contributed by atoms with van der Waals surface area (Å²) in [7, 11) is 3.07. The van der Waals surface area contributed by atoms with Crippen molar-refractivity contribution in [1.82, 2.24) is 4.98 Å². The first-order valence-corrected chi connectivity index (χ1v) is 6.37. The highest BCUT2D eigenvalue weighted by Gasteiger charge is 2.10. The van der Waals surface area contributed by atoms with Crippen molar-refractivity contribution in [3.05, 3.63) is 52.7 Å². The van der Waals surface area contributed by atoms with Gasteiger partial charge in [0.25, 0.3) is 0 Å². The van der Waals surface area contributed by atoms with Gasteiger partial charge in [-0.25, -0.2) is 4.98 Å². The zero-order valence-corrected chi connectivity index (χ0v) is 12.0. The molecule has 0 bridgehead atoms. The maximum atomic E-state index is 12.2. The Morgan fingerprint density at radius 1 is 1.20 bits per heavy atom. The molecule has 2 rings (SSSR count). The summed E-state index contributed by atoms with van der Waals surface area (Å²) >= 11 is 5.93. The molecular weight excluding hydrogens is 278 g/mol. The van der Waals surface area contributed by atoms with Gasteiger partial charge in [-0.15, -0.1) is 0 Å². The van der Waals surface area contributed by atoms with Crippen LogP contribution >= 0.6 is 11.6 Å². The van der Waals surface area contributed by atoms with Crippen LogP contribution in [0.4, 0.5) is 0 Å². The average molecular weight is 292 g/mol. The molecule has 0 atom stereocenters. The van der Waals surface area contributed by atoms with Crippen molar-refractivity contribution < 1.29 is 14.3 Å². The standard InChI is InChI=1S/C15H14ClNO3/c1-19-14-8-11(4-5-12(14)16)13(18)7-10-3-6-15(20-2)17-9-10/h3-6,8-9H,7H2,1-2H3. The molecule has 1 aromatic heterocycles. The zero-order chi connectivity index (χ0) is 14.5. The molecular formula is C15H14ClNO3. The lowest BCUT2D eigenvalue weighted by Gasteiger charge is -2.06. The predicted octanol–water partition coefficient (Wildman–Crippen LogP) is 3.18. The van der Waals surface area contributed by atoms with E-state index in [-0.39, 0.29) is 12.2 Å². The highest BCUT2D eigenvalue weighted by molar-refractivity contribution is 6.32. The molecule has 1 heterocycles. The van der Waals surface area contributed by atoms with Crippen molar-refractivity contribution in [3.63, 3.8) is 0 Å². The Bertz CT molecular complexity index is 611. The van der Waals surface area contributed by atoms with E-state index in [9.17, 15) is 4.79 Å². The molecule has 0 aliphatic heterocycles. The summed E-state index contributed by atoms with van der Waals surface area (Å²) in [4.78, 5) is 16.3. The molecule has 20 heavy (non-hydrogen) atoms. The summed E-state index contributed by atoms with van der Waals surface area (Å²) in [6.07, 6.45) is 1.89. The second-order valence-electron chi connectivity index (χ2n) is 4.16. The number of carbonyl (C=O) groups is 1. The zero-order valence-electron chi connectivity index (χ0n) is 11.2. The van der Waals surface area contributed by atoms with Gasteiger partial charge in [-0.2, -0.15) is 0 Å². The first-order chi connectivity index (χ1) is 9.63. The Labute approximate surface area is 122 Å². The number of carbonyl (C=O) groups excluding carboxylic acids is 1. The van der Waals surface area contributed by atoms with Crippen molar-refractivity contribution in [2.75, 3.05) is 14.2 Å². The average Bonchev–Trinajstić information content (AvgIpc) is 2.48. The van der Waals surface area contributed by atoms with Gasteiger partial charge in [0.1, 0.15) is 5.75 Å². The summed E-state index contributed by atoms with van der Waals surface area (Å²) in [6.45, 7) is 0. The minimum Gasteiger partial charge on any atom is -0.495 e. The van der Waals surface area contributed by atoms with E-state index in [2.05, 4.69) is 4.98 Å². The van der Waals surface area contributed by atoms with Gasteiger partial charge < -0.3 is 9.47 Å². The van der Waals surface area contributed by atoms with Crippen molar-refractivity contribution in [2.24, 2.45) is 0 Å². The molecule has 0 unspecified atom stereocenters. The van der Waals surface area contributed by atoms with Crippen LogP contribution in [-0.4, -0.2) is 25.0 Å². The quantitative estimate of drug-likeness (QED) is 0.794. The fourth-order valence-electron chi connectivity index (χ4n) is 1.76. The first kappa shape index (κ1) is 14.3. The lowest BCUT2D eigenvalue weighted by Crippen LogP contribution is -2.04. The molecule has 0 saturated carbocycles. The van der Waals surface area contributed by atoms with Crippen molar-refractivity contribution in [1.29, 1.82) is 0 Å². The number of ether oxygens (including phenoxy) is 2. The molecule has 0 aliphatic rings. The number of benzene rings is 1. The van der Waals surface area contributed by atoms with Gasteiger partial charge in [-0.1, -0.05) is 17.7 Å². The number of pyridine rings is 1. The van der Waals surface area contributed by atoms with Crippen LogP contribution in [-0.2, 0) is 6.42 Å². The molecule has 0 spiro atoms. The third kappa shape index (κ3) is 3.27. The predicted molar refractivity (Wildman–Crippen MR) is 76.8 cm³/mol. The largest absolute Gasteiger partial charge is 0.495 e. The minimum atomic E-state index is -0.0214. The van der Waals surface area contributed by atoms with Gasteiger partial charge in [0, 0.05) is 24.2 Å². The second kappa shape index (κ2) is 6.39. The molecule has 0 saturated heterocycles. The first-order valence-electron chi connectivity index (χ1n) is 5.99. The molecule has 0 amide bonds. The Balaban J connectivity index is 2.14. The van der Waals surface area contributed by atoms with Crippen molar-refractivity contribution >= 4 is 17.4 Å². The van der Waals surface area contributed by atoms with Crippen LogP contribution in [0.15, 0.2) is 36.5 Å². The maximum absolute atomic E-state index is 12.2. The molecule has 104 valence electrons. The highest BCUT2D eigenvalue weighted by Crippen LogP contribution is 2.25. The minimum absolute atomic E-state index is 0.0214. The summed E-state index contributed by atoms with van der Waals surface area (Å²) in [5, 5.41) is 0.482. The van der Waals surface area contributed by atoms with E-state index in [1.54, 1.807) is 37.6 Å². The van der Waals surface area contributed by atoms with E-state index in [0.29, 0.717) is 22.2 Å². The molecule has 1 aromatic carbocycles. The third-order valence-electron chi connectivity index (χ3n) is 2.84. The molecule has 0 aliphatic carbocycles. The van der Waals surface area contributed by atoms with Crippen molar-refractivity contribution in [2.45, 2.75) is 6.42 Å². The number of nitrogens with zero attached hydrogens (tertiary/aromatic N) is 1. The number of ketones is 1. The van der Waals surface area contributed by atoms with Gasteiger partial charge >= 0.3 is 0 Å². The van der Waals surface area contributed by atoms with Crippen LogP contribution < -0.4 is 9.47 Å². The van der Waals surface area contributed by atoms with Crippen LogP contribution in [0.1, 0.15) is 15.9 Å². The number of halogens is 1. The van der Waals surface area contributed by atoms with E-state index < -0.39 is 0 Å². The van der Waals surface area contributed by atoms with E-state index in [1.807, 2.05) is 6.07 Å². The smallest absolute Gasteiger partial charge is 0.212 e. The Kier molecular flexibility index (Phi) is 4.58. The lowest BCUT2D eigenvalue weighted by molar-refractivity contribution is 0.0992. The fraction of sp³-hybridized carbons (Fsp3) is 0.200. The Morgan fingerprint density at radius 3 is 2.60 bits per heavy atom. The monoisotopic (exact) mass is 291 g/mol. The van der Waals surface area contributed by atoms with Gasteiger partial charge in [0.2, 0.25) is 5.88 Å². The number of hydrogen-bond donors (Lipinski definition) is 0. The number of methoxy groups -OCH3 is 2. The summed E-state index contributed by atoms with van der Waals surface area (Å²) < 4.78 is 10.1. The Hall–Kier alpha value is -2.07. The van der Waals surface area contributed by atoms with Crippen LogP contribution in [0.25, 0.3) is 0 Å². The molecule has 4 nitrogen and oxygen atoms in total. The molecule has 0 N–H and O–H groups in total. The SMILES string of the molecule is COc1ccc(CC(=O)c2ccc(Cl)c(OC)c2)cn1. The van der Waals surface area contributed by atoms with Gasteiger partial charge in [-0.3, -0.25) is 4.79 Å². The maximum Gasteiger partial charge on any atom is 0.212 e. The summed E-state index contributed by atoms with van der Waals surface area (Å²) in [5.41, 5.74) is 1.38. The molecule has 0 fully saturated rings. The van der Waals surface area contributed by atoms with Gasteiger partial charge in [-0.05, 0) is 23.8 Å². The van der Waals surface area contributed by atoms with E-state index in [1.165, 1.54) is 7.11 Å². The van der Waals surface area contributed by atoms with Crippen molar-refractivity contribution in [3.8, 4) is 11.6 Å². The van der Waals surface area contributed by atoms with Crippen LogP contribution in [0.3, 0.4) is 0 Å². The van der Waals surface area contributed by atoms with E-state index >= 15 is 0 Å². The number of aromatic nitrogens is 1. The molecule has 2 aromatic rings. The van der Waals surface area contributed by atoms with Crippen LogP contribution in [0.5, 0.6) is 11.6 Å². The second-order valence-corrected chi connectivity index (χ2v) is 4.57. The molecule has 0 radical (unpaired) electrons. The number of rotatable bonds is 5. The topological polar surface area (TPSA) is 48.4 Å². The lowest BCUT2D eigenvalue weighted by atomic mass is 10.0. The molecule has 5 heteroatoms. The van der Waals surface area contributed by atoms with E-state index in [0.717, 1.165) is 5.56 Å². The number of hydrogen-bond acceptors (Lipinski definition) is 4. The van der Waals surface area contributed by atoms with Crippen LogP contribution in [0.2, 0.25) is 5.02 Å². The summed E-state index contributed by atoms with van der Waals surface area (Å²) in [5.74, 6) is 0.992. The van der Waals surface area contributed by atoms with Gasteiger partial charge in [0.05, 0.1) is 19.2 Å². The third-order valence-corrected chi connectivity index (χ3v) is 3.16. The number of Topliss-reactive ketones (excluding diaryl/α,β-unsaturated/α-hetero) is 1. The van der Waals surface area contributed by atoms with Gasteiger partial charge in [0.15, 0.2) is 5.78 Å². The normalized spacial score (nSPS) is 10.2. The van der Waals surface area contributed by atoms with Crippen LogP contribution in [0, 0.1) is 0 Å².